The number of hydrogen-bond acceptors (Lipinski definition) is 2. The predicted octanol–water partition coefficient (Wildman–Crippen LogP) is 2.01. The first kappa shape index (κ1) is 12.9. The summed E-state index contributed by atoms with van der Waals surface area (Å²) in [6, 6.07) is 0. The Bertz CT molecular complexity index is 206. The lowest BCUT2D eigenvalue weighted by atomic mass is 10.4. The molecule has 0 atom stereocenters. The van der Waals surface area contributed by atoms with Gasteiger partial charge < -0.3 is 0 Å². The van der Waals surface area contributed by atoms with Crippen LogP contribution in [0, 0.1) is 5.75 Å². The Kier molecular flexibility index (Phi) is 6.33. The molecule has 0 aliphatic carbocycles. The average Bonchev–Trinajstić information content (AvgIpc) is 2.04. The molecule has 0 bridgehead atoms. The van der Waals surface area contributed by atoms with Crippen LogP contribution in [0.15, 0.2) is 0 Å². The van der Waals surface area contributed by atoms with Gasteiger partial charge in [0.2, 0.25) is 10.0 Å². The van der Waals surface area contributed by atoms with Crippen molar-refractivity contribution >= 4 is 10.0 Å². The van der Waals surface area contributed by atoms with Crippen molar-refractivity contribution in [2.45, 2.75) is 40.0 Å². The second kappa shape index (κ2) is 6.38. The zero-order chi connectivity index (χ0) is 10.3. The number of nitrogens with zero attached hydrogens (tertiary/aromatic N) is 1. The Morgan fingerprint density at radius 1 is 1.08 bits per heavy atom. The molecule has 13 heavy (non-hydrogen) atoms. The molecule has 0 N–H and O–H groups in total. The topological polar surface area (TPSA) is 37.4 Å². The molecular formula is C9H20NO2S. The normalized spacial score (nSPS) is 12.3. The Morgan fingerprint density at radius 2 is 1.54 bits per heavy atom. The van der Waals surface area contributed by atoms with Gasteiger partial charge in [0.1, 0.15) is 0 Å². The quantitative estimate of drug-likeness (QED) is 0.639. The SMILES string of the molecule is CC[CH]S(=O)(=O)N(CCC)CCC. The van der Waals surface area contributed by atoms with Crippen molar-refractivity contribution in [2.75, 3.05) is 13.1 Å². The highest BCUT2D eigenvalue weighted by atomic mass is 32.2. The molecule has 0 amide bonds. The van der Waals surface area contributed by atoms with E-state index in [-0.39, 0.29) is 0 Å². The minimum atomic E-state index is -3.09. The summed E-state index contributed by atoms with van der Waals surface area (Å²) in [5.74, 6) is 1.39. The van der Waals surface area contributed by atoms with Crippen LogP contribution in [0.25, 0.3) is 0 Å². The highest BCUT2D eigenvalue weighted by Gasteiger charge is 2.18. The monoisotopic (exact) mass is 206 g/mol. The third-order valence-corrected chi connectivity index (χ3v) is 3.52. The van der Waals surface area contributed by atoms with Crippen molar-refractivity contribution in [2.24, 2.45) is 0 Å². The van der Waals surface area contributed by atoms with Gasteiger partial charge in [-0.15, -0.1) is 0 Å². The maximum atomic E-state index is 11.6. The zero-order valence-corrected chi connectivity index (χ0v) is 9.60. The number of rotatable bonds is 7. The van der Waals surface area contributed by atoms with Crippen molar-refractivity contribution in [3.8, 4) is 0 Å². The van der Waals surface area contributed by atoms with Gasteiger partial charge in [0.05, 0.1) is 5.75 Å². The lowest BCUT2D eigenvalue weighted by Crippen LogP contribution is -2.32. The van der Waals surface area contributed by atoms with E-state index in [0.29, 0.717) is 19.5 Å². The summed E-state index contributed by atoms with van der Waals surface area (Å²) in [6.45, 7) is 7.08. The Morgan fingerprint density at radius 3 is 1.85 bits per heavy atom. The first-order chi connectivity index (χ1) is 6.08. The molecule has 4 heteroatoms. The highest BCUT2D eigenvalue weighted by Crippen LogP contribution is 2.08. The molecule has 0 aliphatic heterocycles. The zero-order valence-electron chi connectivity index (χ0n) is 8.78. The van der Waals surface area contributed by atoms with Crippen molar-refractivity contribution < 1.29 is 8.42 Å². The molecule has 0 heterocycles. The van der Waals surface area contributed by atoms with E-state index in [1.54, 1.807) is 4.31 Å². The fraction of sp³-hybridized carbons (Fsp3) is 0.889. The fourth-order valence-corrected chi connectivity index (χ4v) is 2.69. The minimum Gasteiger partial charge on any atom is -0.212 e. The van der Waals surface area contributed by atoms with Crippen LogP contribution in [-0.4, -0.2) is 25.8 Å². The summed E-state index contributed by atoms with van der Waals surface area (Å²) >= 11 is 0. The minimum absolute atomic E-state index is 0.576. The van der Waals surface area contributed by atoms with Crippen LogP contribution in [-0.2, 0) is 10.0 Å². The summed E-state index contributed by atoms with van der Waals surface area (Å²) in [4.78, 5) is 0. The largest absolute Gasteiger partial charge is 0.218 e. The molecule has 0 aromatic rings. The molecule has 79 valence electrons. The molecule has 3 nitrogen and oxygen atoms in total. The van der Waals surface area contributed by atoms with Crippen LogP contribution in [0.5, 0.6) is 0 Å². The fourth-order valence-electron chi connectivity index (χ4n) is 1.18. The van der Waals surface area contributed by atoms with Crippen molar-refractivity contribution in [3.05, 3.63) is 5.75 Å². The van der Waals surface area contributed by atoms with Gasteiger partial charge in [-0.2, -0.15) is 0 Å². The van der Waals surface area contributed by atoms with Crippen LogP contribution in [0.3, 0.4) is 0 Å². The molecule has 0 fully saturated rings. The van der Waals surface area contributed by atoms with E-state index < -0.39 is 10.0 Å². The van der Waals surface area contributed by atoms with Crippen LogP contribution in [0.2, 0.25) is 0 Å². The standard InChI is InChI=1S/C9H20NO2S/c1-4-7-10(8-5-2)13(11,12)9-6-3/h9H,4-8H2,1-3H3. The lowest BCUT2D eigenvalue weighted by molar-refractivity contribution is 0.413. The maximum Gasteiger partial charge on any atom is 0.218 e. The second-order valence-electron chi connectivity index (χ2n) is 3.02. The average molecular weight is 206 g/mol. The van der Waals surface area contributed by atoms with E-state index >= 15 is 0 Å². The Hall–Kier alpha value is -0.0900. The summed E-state index contributed by atoms with van der Waals surface area (Å²) in [6.07, 6.45) is 2.32. The lowest BCUT2D eigenvalue weighted by Gasteiger charge is -2.19. The highest BCUT2D eigenvalue weighted by molar-refractivity contribution is 7.91. The molecule has 0 rings (SSSR count). The van der Waals surface area contributed by atoms with E-state index in [0.717, 1.165) is 12.8 Å². The molecular weight excluding hydrogens is 186 g/mol. The molecule has 0 aromatic heterocycles. The van der Waals surface area contributed by atoms with E-state index in [2.05, 4.69) is 0 Å². The van der Waals surface area contributed by atoms with Gasteiger partial charge in [0.15, 0.2) is 0 Å². The van der Waals surface area contributed by atoms with Crippen LogP contribution >= 0.6 is 0 Å². The van der Waals surface area contributed by atoms with Crippen LogP contribution < -0.4 is 0 Å². The smallest absolute Gasteiger partial charge is 0.212 e. The van der Waals surface area contributed by atoms with Gasteiger partial charge in [-0.25, -0.2) is 12.7 Å². The molecule has 1 radical (unpaired) electrons. The van der Waals surface area contributed by atoms with Gasteiger partial charge in [0, 0.05) is 13.1 Å². The predicted molar refractivity (Wildman–Crippen MR) is 55.7 cm³/mol. The Balaban J connectivity index is 4.33. The van der Waals surface area contributed by atoms with E-state index in [9.17, 15) is 8.42 Å². The van der Waals surface area contributed by atoms with Gasteiger partial charge in [-0.3, -0.25) is 0 Å². The van der Waals surface area contributed by atoms with Gasteiger partial charge in [0.25, 0.3) is 0 Å². The van der Waals surface area contributed by atoms with Gasteiger partial charge in [-0.1, -0.05) is 20.8 Å². The van der Waals surface area contributed by atoms with E-state index in [4.69, 9.17) is 0 Å². The first-order valence-corrected chi connectivity index (χ1v) is 6.42. The van der Waals surface area contributed by atoms with Crippen LogP contribution in [0.4, 0.5) is 0 Å². The van der Waals surface area contributed by atoms with Crippen molar-refractivity contribution in [3.63, 3.8) is 0 Å². The van der Waals surface area contributed by atoms with Gasteiger partial charge >= 0.3 is 0 Å². The van der Waals surface area contributed by atoms with Crippen molar-refractivity contribution in [1.82, 2.24) is 4.31 Å². The molecule has 0 aliphatic rings. The molecule has 0 saturated carbocycles. The second-order valence-corrected chi connectivity index (χ2v) is 4.90. The molecule has 0 unspecified atom stereocenters. The number of sulfonamides is 1. The molecule has 0 aromatic carbocycles. The number of hydrogen-bond donors (Lipinski definition) is 0. The van der Waals surface area contributed by atoms with E-state index in [1.165, 1.54) is 5.75 Å². The van der Waals surface area contributed by atoms with Crippen molar-refractivity contribution in [1.29, 1.82) is 0 Å². The summed E-state index contributed by atoms with van der Waals surface area (Å²) in [7, 11) is -3.09. The third kappa shape index (κ3) is 4.62. The summed E-state index contributed by atoms with van der Waals surface area (Å²) in [5.41, 5.74) is 0. The van der Waals surface area contributed by atoms with Crippen LogP contribution in [0.1, 0.15) is 40.0 Å². The summed E-state index contributed by atoms with van der Waals surface area (Å²) < 4.78 is 24.7. The molecule has 0 spiro atoms. The summed E-state index contributed by atoms with van der Waals surface area (Å²) in [5, 5.41) is 0. The maximum absolute atomic E-state index is 11.6. The third-order valence-electron chi connectivity index (χ3n) is 1.68. The van der Waals surface area contributed by atoms with Gasteiger partial charge in [-0.05, 0) is 19.3 Å². The first-order valence-electron chi connectivity index (χ1n) is 4.91. The molecule has 0 saturated heterocycles. The van der Waals surface area contributed by atoms with E-state index in [1.807, 2.05) is 20.8 Å². The Labute approximate surface area is 82.2 Å².